The van der Waals surface area contributed by atoms with Gasteiger partial charge in [0.05, 0.1) is 23.2 Å². The Morgan fingerprint density at radius 2 is 1.57 bits per heavy atom. The molecule has 0 unspecified atom stereocenters. The highest BCUT2D eigenvalue weighted by molar-refractivity contribution is 6.06. The van der Waals surface area contributed by atoms with Gasteiger partial charge in [-0.15, -0.1) is 0 Å². The average Bonchev–Trinajstić information content (AvgIpc) is 2.79. The zero-order chi connectivity index (χ0) is 14.4. The van der Waals surface area contributed by atoms with E-state index in [-0.39, 0.29) is 0 Å². The summed E-state index contributed by atoms with van der Waals surface area (Å²) in [6.07, 6.45) is 0. The summed E-state index contributed by atoms with van der Waals surface area (Å²) in [7, 11) is 4.13. The predicted octanol–water partition coefficient (Wildman–Crippen LogP) is 3.26. The second-order valence-electron chi connectivity index (χ2n) is 5.55. The lowest BCUT2D eigenvalue weighted by atomic mass is 10.2. The zero-order valence-electron chi connectivity index (χ0n) is 12.1. The van der Waals surface area contributed by atoms with Gasteiger partial charge < -0.3 is 4.57 Å². The number of para-hydroxylation sites is 3. The van der Waals surface area contributed by atoms with Crippen molar-refractivity contribution in [3.63, 3.8) is 0 Å². The van der Waals surface area contributed by atoms with E-state index in [4.69, 9.17) is 9.97 Å². The SMILES string of the molecule is CN(C)Cn1c2ccccc2c2nc3ccccc3nc21. The first kappa shape index (κ1) is 12.3. The van der Waals surface area contributed by atoms with Crippen LogP contribution in [0.1, 0.15) is 0 Å². The molecule has 104 valence electrons. The summed E-state index contributed by atoms with van der Waals surface area (Å²) >= 11 is 0. The Morgan fingerprint density at radius 1 is 0.905 bits per heavy atom. The smallest absolute Gasteiger partial charge is 0.161 e. The maximum Gasteiger partial charge on any atom is 0.161 e. The summed E-state index contributed by atoms with van der Waals surface area (Å²) < 4.78 is 2.23. The minimum absolute atomic E-state index is 0.789. The number of fused-ring (bicyclic) bond motifs is 4. The van der Waals surface area contributed by atoms with Gasteiger partial charge in [-0.1, -0.05) is 30.3 Å². The Balaban J connectivity index is 2.18. The number of aromatic nitrogens is 3. The quantitative estimate of drug-likeness (QED) is 0.563. The van der Waals surface area contributed by atoms with E-state index in [0.717, 1.165) is 34.3 Å². The van der Waals surface area contributed by atoms with E-state index in [1.54, 1.807) is 0 Å². The van der Waals surface area contributed by atoms with E-state index in [1.165, 1.54) is 5.52 Å². The largest absolute Gasteiger partial charge is 0.310 e. The Labute approximate surface area is 122 Å². The fourth-order valence-electron chi connectivity index (χ4n) is 2.81. The van der Waals surface area contributed by atoms with Gasteiger partial charge in [0.25, 0.3) is 0 Å². The lowest BCUT2D eigenvalue weighted by molar-refractivity contribution is 0.337. The lowest BCUT2D eigenvalue weighted by Gasteiger charge is -2.12. The molecule has 0 saturated carbocycles. The standard InChI is InChI=1S/C17H16N4/c1-20(2)11-21-15-10-6-3-7-12(15)16-17(21)19-14-9-5-4-8-13(14)18-16/h3-10H,11H2,1-2H3. The first-order valence-corrected chi connectivity index (χ1v) is 7.02. The summed E-state index contributed by atoms with van der Waals surface area (Å²) in [5, 5.41) is 1.16. The van der Waals surface area contributed by atoms with Crippen molar-refractivity contribution in [2.75, 3.05) is 14.1 Å². The van der Waals surface area contributed by atoms with Gasteiger partial charge in [0.2, 0.25) is 0 Å². The number of benzene rings is 2. The van der Waals surface area contributed by atoms with Gasteiger partial charge >= 0.3 is 0 Å². The molecule has 0 fully saturated rings. The molecule has 0 bridgehead atoms. The molecule has 2 heterocycles. The van der Waals surface area contributed by atoms with Gasteiger partial charge in [0.15, 0.2) is 5.65 Å². The van der Waals surface area contributed by atoms with E-state index in [1.807, 2.05) is 24.3 Å². The van der Waals surface area contributed by atoms with Crippen LogP contribution in [0.5, 0.6) is 0 Å². The van der Waals surface area contributed by atoms with Crippen molar-refractivity contribution in [3.8, 4) is 0 Å². The molecule has 0 aliphatic rings. The number of nitrogens with zero attached hydrogens (tertiary/aromatic N) is 4. The summed E-state index contributed by atoms with van der Waals surface area (Å²) in [6.45, 7) is 0.789. The molecule has 0 N–H and O–H groups in total. The van der Waals surface area contributed by atoms with E-state index < -0.39 is 0 Å². The van der Waals surface area contributed by atoms with E-state index in [2.05, 4.69) is 47.8 Å². The Morgan fingerprint density at radius 3 is 2.33 bits per heavy atom. The fourth-order valence-corrected chi connectivity index (χ4v) is 2.81. The van der Waals surface area contributed by atoms with Crippen molar-refractivity contribution in [3.05, 3.63) is 48.5 Å². The lowest BCUT2D eigenvalue weighted by Crippen LogP contribution is -2.16. The van der Waals surface area contributed by atoms with Crippen LogP contribution < -0.4 is 0 Å². The molecule has 2 aromatic carbocycles. The first-order chi connectivity index (χ1) is 10.2. The molecule has 0 aliphatic heterocycles. The van der Waals surface area contributed by atoms with Crippen LogP contribution in [0.4, 0.5) is 0 Å². The molecule has 0 aliphatic carbocycles. The van der Waals surface area contributed by atoms with Crippen LogP contribution in [0.2, 0.25) is 0 Å². The minimum Gasteiger partial charge on any atom is -0.310 e. The number of rotatable bonds is 2. The van der Waals surface area contributed by atoms with Crippen LogP contribution in [0.3, 0.4) is 0 Å². The van der Waals surface area contributed by atoms with Crippen LogP contribution in [-0.4, -0.2) is 33.5 Å². The highest BCUT2D eigenvalue weighted by atomic mass is 15.2. The van der Waals surface area contributed by atoms with Gasteiger partial charge in [0, 0.05) is 5.39 Å². The Bertz CT molecular complexity index is 953. The van der Waals surface area contributed by atoms with Crippen molar-refractivity contribution in [2.45, 2.75) is 6.67 Å². The monoisotopic (exact) mass is 276 g/mol. The van der Waals surface area contributed by atoms with Crippen LogP contribution in [0.15, 0.2) is 48.5 Å². The third kappa shape index (κ3) is 1.87. The zero-order valence-corrected chi connectivity index (χ0v) is 12.1. The molecule has 0 atom stereocenters. The maximum absolute atomic E-state index is 4.84. The van der Waals surface area contributed by atoms with Crippen LogP contribution in [0.25, 0.3) is 33.1 Å². The molecule has 4 aromatic rings. The van der Waals surface area contributed by atoms with Crippen molar-refractivity contribution >= 4 is 33.1 Å². The minimum atomic E-state index is 0.789. The normalized spacial score (nSPS) is 12.0. The van der Waals surface area contributed by atoms with Gasteiger partial charge in [-0.05, 0) is 32.3 Å². The summed E-state index contributed by atoms with van der Waals surface area (Å²) in [5.74, 6) is 0. The molecule has 0 spiro atoms. The molecule has 4 rings (SSSR count). The second kappa shape index (κ2) is 4.53. The number of hydrogen-bond acceptors (Lipinski definition) is 3. The highest BCUT2D eigenvalue weighted by Crippen LogP contribution is 2.28. The van der Waals surface area contributed by atoms with Crippen molar-refractivity contribution in [1.29, 1.82) is 0 Å². The molecule has 0 saturated heterocycles. The third-order valence-electron chi connectivity index (χ3n) is 3.68. The predicted molar refractivity (Wildman–Crippen MR) is 86.2 cm³/mol. The van der Waals surface area contributed by atoms with Gasteiger partial charge in [-0.2, -0.15) is 0 Å². The summed E-state index contributed by atoms with van der Waals surface area (Å²) in [5.41, 5.74) is 4.98. The van der Waals surface area contributed by atoms with Gasteiger partial charge in [0.1, 0.15) is 5.52 Å². The van der Waals surface area contributed by atoms with Crippen LogP contribution >= 0.6 is 0 Å². The third-order valence-corrected chi connectivity index (χ3v) is 3.68. The van der Waals surface area contributed by atoms with Gasteiger partial charge in [-0.3, -0.25) is 4.90 Å². The maximum atomic E-state index is 4.84. The first-order valence-electron chi connectivity index (χ1n) is 7.02. The molecule has 2 aromatic heterocycles. The molecule has 4 nitrogen and oxygen atoms in total. The van der Waals surface area contributed by atoms with E-state index in [9.17, 15) is 0 Å². The van der Waals surface area contributed by atoms with Crippen molar-refractivity contribution in [1.82, 2.24) is 19.4 Å². The van der Waals surface area contributed by atoms with Crippen LogP contribution in [0, 0.1) is 0 Å². The molecule has 4 heteroatoms. The summed E-state index contributed by atoms with van der Waals surface area (Å²) in [4.78, 5) is 11.8. The van der Waals surface area contributed by atoms with Gasteiger partial charge in [-0.25, -0.2) is 9.97 Å². The highest BCUT2D eigenvalue weighted by Gasteiger charge is 2.14. The topological polar surface area (TPSA) is 34.0 Å². The molecular formula is C17H16N4. The molecular weight excluding hydrogens is 260 g/mol. The molecule has 0 radical (unpaired) electrons. The fraction of sp³-hybridized carbons (Fsp3) is 0.176. The van der Waals surface area contributed by atoms with E-state index >= 15 is 0 Å². The average molecular weight is 276 g/mol. The Hall–Kier alpha value is -2.46. The van der Waals surface area contributed by atoms with E-state index in [0.29, 0.717) is 0 Å². The number of hydrogen-bond donors (Lipinski definition) is 0. The molecule has 21 heavy (non-hydrogen) atoms. The van der Waals surface area contributed by atoms with Crippen molar-refractivity contribution < 1.29 is 0 Å². The second-order valence-corrected chi connectivity index (χ2v) is 5.55. The Kier molecular flexibility index (Phi) is 2.65. The van der Waals surface area contributed by atoms with Crippen LogP contribution in [-0.2, 0) is 6.67 Å². The molecule has 0 amide bonds. The van der Waals surface area contributed by atoms with Crippen molar-refractivity contribution in [2.24, 2.45) is 0 Å². The summed E-state index contributed by atoms with van der Waals surface area (Å²) in [6, 6.07) is 16.4.